The van der Waals surface area contributed by atoms with Crippen molar-refractivity contribution in [1.82, 2.24) is 5.32 Å². The molecule has 180 valence electrons. The van der Waals surface area contributed by atoms with E-state index >= 15 is 0 Å². The summed E-state index contributed by atoms with van der Waals surface area (Å²) in [6.07, 6.45) is -2.04. The van der Waals surface area contributed by atoms with Crippen molar-refractivity contribution in [3.8, 4) is 11.1 Å². The maximum absolute atomic E-state index is 12.6. The van der Waals surface area contributed by atoms with Crippen molar-refractivity contribution in [2.45, 2.75) is 25.0 Å². The first kappa shape index (κ1) is 24.3. The van der Waals surface area contributed by atoms with Crippen LogP contribution in [0.1, 0.15) is 34.3 Å². The summed E-state index contributed by atoms with van der Waals surface area (Å²) in [6, 6.07) is 18.5. The molecular formula is C26H23ClN2O6. The van der Waals surface area contributed by atoms with Crippen molar-refractivity contribution < 1.29 is 29.3 Å². The standard InChI is InChI=1S/C26H23ClN2O6/c1-14(30)23(25(32)33)29-24(31)15-10-16(27)12-17(11-15)28-26(34)35-13-22-20-8-4-2-6-18(20)19-7-3-5-9-21(19)22/h2-12,14,22-23,30H,13H2,1H3,(H,28,34)(H,29,31)(H,32,33)/t14-,23+/m1/s1. The molecule has 4 rings (SSSR count). The van der Waals surface area contributed by atoms with Gasteiger partial charge in [-0.2, -0.15) is 0 Å². The van der Waals surface area contributed by atoms with Crippen LogP contribution in [0.5, 0.6) is 0 Å². The molecule has 0 bridgehead atoms. The van der Waals surface area contributed by atoms with Crippen molar-refractivity contribution in [2.24, 2.45) is 0 Å². The fourth-order valence-corrected chi connectivity index (χ4v) is 4.39. The smallest absolute Gasteiger partial charge is 0.411 e. The Hall–Kier alpha value is -3.88. The molecule has 4 N–H and O–H groups in total. The van der Waals surface area contributed by atoms with Gasteiger partial charge in [0.15, 0.2) is 6.04 Å². The molecule has 8 nitrogen and oxygen atoms in total. The van der Waals surface area contributed by atoms with Crippen LogP contribution in [-0.2, 0) is 9.53 Å². The van der Waals surface area contributed by atoms with Crippen molar-refractivity contribution in [2.75, 3.05) is 11.9 Å². The van der Waals surface area contributed by atoms with E-state index in [0.29, 0.717) is 0 Å². The second-order valence-electron chi connectivity index (χ2n) is 8.21. The minimum absolute atomic E-state index is 0.0124. The monoisotopic (exact) mass is 494 g/mol. The van der Waals surface area contributed by atoms with E-state index in [9.17, 15) is 19.5 Å². The van der Waals surface area contributed by atoms with Crippen molar-refractivity contribution in [3.63, 3.8) is 0 Å². The third-order valence-electron chi connectivity index (χ3n) is 5.79. The second-order valence-corrected chi connectivity index (χ2v) is 8.65. The van der Waals surface area contributed by atoms with Gasteiger partial charge in [-0.15, -0.1) is 0 Å². The number of hydrogen-bond acceptors (Lipinski definition) is 5. The Balaban J connectivity index is 1.44. The van der Waals surface area contributed by atoms with Crippen LogP contribution >= 0.6 is 11.6 Å². The van der Waals surface area contributed by atoms with Gasteiger partial charge in [-0.3, -0.25) is 10.1 Å². The van der Waals surface area contributed by atoms with E-state index in [-0.39, 0.29) is 28.8 Å². The number of anilines is 1. The Morgan fingerprint density at radius 2 is 1.60 bits per heavy atom. The summed E-state index contributed by atoms with van der Waals surface area (Å²) in [6.45, 7) is 1.36. The lowest BCUT2D eigenvalue weighted by molar-refractivity contribution is -0.141. The fourth-order valence-electron chi connectivity index (χ4n) is 4.16. The zero-order valence-electron chi connectivity index (χ0n) is 18.7. The number of benzene rings is 3. The highest BCUT2D eigenvalue weighted by molar-refractivity contribution is 6.31. The lowest BCUT2D eigenvalue weighted by atomic mass is 9.98. The van der Waals surface area contributed by atoms with Crippen LogP contribution in [-0.4, -0.2) is 46.9 Å². The number of halogens is 1. The lowest BCUT2D eigenvalue weighted by Crippen LogP contribution is -2.47. The van der Waals surface area contributed by atoms with Crippen LogP contribution in [0.2, 0.25) is 5.02 Å². The fraction of sp³-hybridized carbons (Fsp3) is 0.192. The van der Waals surface area contributed by atoms with Gasteiger partial charge in [0, 0.05) is 22.2 Å². The number of carbonyl (C=O) groups excluding carboxylic acids is 2. The first-order chi connectivity index (χ1) is 16.7. The van der Waals surface area contributed by atoms with Crippen LogP contribution in [0.25, 0.3) is 11.1 Å². The lowest BCUT2D eigenvalue weighted by Gasteiger charge is -2.17. The summed E-state index contributed by atoms with van der Waals surface area (Å²) < 4.78 is 5.51. The second kappa shape index (κ2) is 10.2. The SMILES string of the molecule is C[C@@H](O)[C@H](NC(=O)c1cc(Cl)cc(NC(=O)OCC2c3ccccc3-c3ccccc32)c1)C(=O)O. The molecule has 2 amide bonds. The predicted molar refractivity (Wildman–Crippen MR) is 131 cm³/mol. The molecule has 0 saturated heterocycles. The van der Waals surface area contributed by atoms with Gasteiger partial charge in [0.05, 0.1) is 6.10 Å². The van der Waals surface area contributed by atoms with Crippen LogP contribution < -0.4 is 10.6 Å². The van der Waals surface area contributed by atoms with Gasteiger partial charge in [0.25, 0.3) is 5.91 Å². The number of fused-ring (bicyclic) bond motifs is 3. The number of amides is 2. The number of rotatable bonds is 7. The summed E-state index contributed by atoms with van der Waals surface area (Å²) in [4.78, 5) is 36.3. The zero-order chi connectivity index (χ0) is 25.1. The minimum Gasteiger partial charge on any atom is -0.480 e. The Kier molecular flexibility index (Phi) is 7.04. The van der Waals surface area contributed by atoms with Crippen molar-refractivity contribution >= 4 is 35.3 Å². The number of aliphatic hydroxyl groups is 1. The summed E-state index contributed by atoms with van der Waals surface area (Å²) >= 11 is 6.09. The van der Waals surface area contributed by atoms with Gasteiger partial charge in [-0.05, 0) is 47.4 Å². The van der Waals surface area contributed by atoms with Gasteiger partial charge in [-0.25, -0.2) is 9.59 Å². The van der Waals surface area contributed by atoms with Crippen LogP contribution in [0.15, 0.2) is 66.7 Å². The van der Waals surface area contributed by atoms with E-state index in [1.54, 1.807) is 0 Å². The third-order valence-corrected chi connectivity index (χ3v) is 6.00. The molecule has 1 aliphatic carbocycles. The average Bonchev–Trinajstić information content (AvgIpc) is 3.14. The van der Waals surface area contributed by atoms with Gasteiger partial charge < -0.3 is 20.3 Å². The van der Waals surface area contributed by atoms with Gasteiger partial charge >= 0.3 is 12.1 Å². The van der Waals surface area contributed by atoms with E-state index in [1.165, 1.54) is 25.1 Å². The number of carboxylic acids is 1. The number of ether oxygens (including phenoxy) is 1. The largest absolute Gasteiger partial charge is 0.480 e. The summed E-state index contributed by atoms with van der Waals surface area (Å²) in [5, 5.41) is 23.7. The molecule has 0 aliphatic heterocycles. The molecule has 0 heterocycles. The third kappa shape index (κ3) is 5.29. The number of aliphatic hydroxyl groups excluding tert-OH is 1. The molecule has 3 aromatic carbocycles. The topological polar surface area (TPSA) is 125 Å². The van der Waals surface area contributed by atoms with E-state index in [2.05, 4.69) is 10.6 Å². The molecule has 1 aliphatic rings. The van der Waals surface area contributed by atoms with Crippen LogP contribution in [0.3, 0.4) is 0 Å². The maximum Gasteiger partial charge on any atom is 0.411 e. The number of carboxylic acid groups (broad SMARTS) is 1. The quantitative estimate of drug-likeness (QED) is 0.389. The normalized spacial score (nSPS) is 13.8. The summed E-state index contributed by atoms with van der Waals surface area (Å²) in [7, 11) is 0. The average molecular weight is 495 g/mol. The first-order valence-electron chi connectivity index (χ1n) is 10.9. The van der Waals surface area contributed by atoms with Gasteiger partial charge in [0.1, 0.15) is 6.61 Å². The molecule has 2 atom stereocenters. The van der Waals surface area contributed by atoms with Crippen LogP contribution in [0, 0.1) is 0 Å². The van der Waals surface area contributed by atoms with E-state index in [1.807, 2.05) is 48.5 Å². The number of carbonyl (C=O) groups is 3. The van der Waals surface area contributed by atoms with E-state index in [4.69, 9.17) is 21.4 Å². The summed E-state index contributed by atoms with van der Waals surface area (Å²) in [5.41, 5.74) is 4.59. The zero-order valence-corrected chi connectivity index (χ0v) is 19.5. The molecule has 0 aromatic heterocycles. The molecule has 0 radical (unpaired) electrons. The molecule has 0 unspecified atom stereocenters. The molecule has 35 heavy (non-hydrogen) atoms. The molecular weight excluding hydrogens is 472 g/mol. The minimum atomic E-state index is -1.50. The first-order valence-corrected chi connectivity index (χ1v) is 11.3. The molecule has 9 heteroatoms. The number of aliphatic carboxylic acids is 1. The molecule has 0 saturated carbocycles. The molecule has 0 fully saturated rings. The Morgan fingerprint density at radius 1 is 1.00 bits per heavy atom. The Bertz CT molecular complexity index is 1250. The van der Waals surface area contributed by atoms with Crippen molar-refractivity contribution in [3.05, 3.63) is 88.4 Å². The highest BCUT2D eigenvalue weighted by Gasteiger charge is 2.29. The predicted octanol–water partition coefficient (Wildman–Crippen LogP) is 4.26. The van der Waals surface area contributed by atoms with Crippen LogP contribution in [0.4, 0.5) is 10.5 Å². The highest BCUT2D eigenvalue weighted by Crippen LogP contribution is 2.44. The van der Waals surface area contributed by atoms with Gasteiger partial charge in [-0.1, -0.05) is 60.1 Å². The maximum atomic E-state index is 12.6. The molecule has 0 spiro atoms. The number of hydrogen-bond donors (Lipinski definition) is 4. The van der Waals surface area contributed by atoms with Gasteiger partial charge in [0.2, 0.25) is 0 Å². The van der Waals surface area contributed by atoms with E-state index in [0.717, 1.165) is 22.3 Å². The Labute approximate surface area is 206 Å². The molecule has 3 aromatic rings. The highest BCUT2D eigenvalue weighted by atomic mass is 35.5. The number of nitrogens with one attached hydrogen (secondary N) is 2. The summed E-state index contributed by atoms with van der Waals surface area (Å²) in [5.74, 6) is -2.26. The van der Waals surface area contributed by atoms with E-state index < -0.39 is 30.1 Å². The van der Waals surface area contributed by atoms with Crippen molar-refractivity contribution in [1.29, 1.82) is 0 Å². The Morgan fingerprint density at radius 3 is 2.17 bits per heavy atom.